The van der Waals surface area contributed by atoms with Crippen LogP contribution in [0.2, 0.25) is 0 Å². The number of benzene rings is 1. The normalized spacial score (nSPS) is 21.6. The SMILES string of the molecule is NCC(SCC1CCCO1)c1cccc(F)c1. The minimum Gasteiger partial charge on any atom is -0.377 e. The standard InChI is InChI=1S/C13H18FNOS/c14-11-4-1-3-10(7-11)13(8-15)17-9-12-5-2-6-16-12/h1,3-4,7,12-13H,2,5-6,8-9,15H2. The van der Waals surface area contributed by atoms with Crippen LogP contribution in [0.15, 0.2) is 24.3 Å². The van der Waals surface area contributed by atoms with Crippen LogP contribution in [0.25, 0.3) is 0 Å². The maximum Gasteiger partial charge on any atom is 0.123 e. The topological polar surface area (TPSA) is 35.2 Å². The fraction of sp³-hybridized carbons (Fsp3) is 0.538. The molecule has 0 bridgehead atoms. The summed E-state index contributed by atoms with van der Waals surface area (Å²) in [4.78, 5) is 0. The van der Waals surface area contributed by atoms with Crippen molar-refractivity contribution >= 4 is 11.8 Å². The zero-order chi connectivity index (χ0) is 12.1. The highest BCUT2D eigenvalue weighted by Gasteiger charge is 2.18. The van der Waals surface area contributed by atoms with Gasteiger partial charge in [0.05, 0.1) is 6.10 Å². The lowest BCUT2D eigenvalue weighted by Crippen LogP contribution is -2.14. The van der Waals surface area contributed by atoms with Gasteiger partial charge in [0, 0.05) is 24.2 Å². The number of hydrogen-bond donors (Lipinski definition) is 1. The van der Waals surface area contributed by atoms with Gasteiger partial charge >= 0.3 is 0 Å². The number of ether oxygens (including phenoxy) is 1. The maximum atomic E-state index is 13.1. The Bertz CT molecular complexity index is 355. The Morgan fingerprint density at radius 2 is 2.41 bits per heavy atom. The molecule has 0 saturated carbocycles. The van der Waals surface area contributed by atoms with Crippen molar-refractivity contribution in [2.45, 2.75) is 24.2 Å². The molecule has 1 aromatic carbocycles. The smallest absolute Gasteiger partial charge is 0.123 e. The van der Waals surface area contributed by atoms with Gasteiger partial charge in [-0.05, 0) is 30.5 Å². The van der Waals surface area contributed by atoms with E-state index in [1.165, 1.54) is 6.07 Å². The molecule has 1 fully saturated rings. The molecule has 1 heterocycles. The third-order valence-electron chi connectivity index (χ3n) is 2.94. The van der Waals surface area contributed by atoms with E-state index < -0.39 is 0 Å². The third kappa shape index (κ3) is 3.69. The van der Waals surface area contributed by atoms with Crippen molar-refractivity contribution in [2.75, 3.05) is 18.9 Å². The van der Waals surface area contributed by atoms with Crippen LogP contribution in [0.5, 0.6) is 0 Å². The Balaban J connectivity index is 1.91. The van der Waals surface area contributed by atoms with Gasteiger partial charge in [-0.1, -0.05) is 12.1 Å². The monoisotopic (exact) mass is 255 g/mol. The molecule has 1 aliphatic heterocycles. The van der Waals surface area contributed by atoms with E-state index in [4.69, 9.17) is 10.5 Å². The predicted octanol–water partition coefficient (Wildman–Crippen LogP) is 2.74. The molecule has 94 valence electrons. The summed E-state index contributed by atoms with van der Waals surface area (Å²) in [6.45, 7) is 1.40. The fourth-order valence-electron chi connectivity index (χ4n) is 2.01. The summed E-state index contributed by atoms with van der Waals surface area (Å²) in [7, 11) is 0. The fourth-order valence-corrected chi connectivity index (χ4v) is 3.19. The van der Waals surface area contributed by atoms with E-state index in [-0.39, 0.29) is 11.1 Å². The minimum atomic E-state index is -0.196. The molecule has 4 heteroatoms. The highest BCUT2D eigenvalue weighted by Crippen LogP contribution is 2.30. The summed E-state index contributed by atoms with van der Waals surface area (Å²) in [5.41, 5.74) is 6.72. The van der Waals surface area contributed by atoms with Gasteiger partial charge in [0.25, 0.3) is 0 Å². The van der Waals surface area contributed by atoms with Gasteiger partial charge in [-0.15, -0.1) is 11.8 Å². The van der Waals surface area contributed by atoms with Crippen LogP contribution in [0.3, 0.4) is 0 Å². The molecule has 1 aliphatic rings. The quantitative estimate of drug-likeness (QED) is 0.878. The average Bonchev–Trinajstić information content (AvgIpc) is 2.83. The Morgan fingerprint density at radius 3 is 3.06 bits per heavy atom. The molecular weight excluding hydrogens is 237 g/mol. The van der Waals surface area contributed by atoms with Gasteiger partial charge in [-0.2, -0.15) is 0 Å². The lowest BCUT2D eigenvalue weighted by Gasteiger charge is -2.17. The molecule has 2 atom stereocenters. The molecule has 0 aromatic heterocycles. The average molecular weight is 255 g/mol. The summed E-state index contributed by atoms with van der Waals surface area (Å²) in [6, 6.07) is 6.70. The van der Waals surface area contributed by atoms with E-state index >= 15 is 0 Å². The van der Waals surface area contributed by atoms with E-state index in [0.717, 1.165) is 30.8 Å². The van der Waals surface area contributed by atoms with Crippen LogP contribution in [0.4, 0.5) is 4.39 Å². The Kier molecular flexibility index (Phi) is 4.83. The third-order valence-corrected chi connectivity index (χ3v) is 4.37. The van der Waals surface area contributed by atoms with Crippen LogP contribution in [0.1, 0.15) is 23.7 Å². The highest BCUT2D eigenvalue weighted by atomic mass is 32.2. The molecule has 0 radical (unpaired) electrons. The van der Waals surface area contributed by atoms with Crippen molar-refractivity contribution in [1.82, 2.24) is 0 Å². The molecule has 2 N–H and O–H groups in total. The van der Waals surface area contributed by atoms with Crippen LogP contribution in [0, 0.1) is 5.82 Å². The molecule has 0 aliphatic carbocycles. The molecule has 0 amide bonds. The Morgan fingerprint density at radius 1 is 1.53 bits per heavy atom. The number of nitrogens with two attached hydrogens (primary N) is 1. The van der Waals surface area contributed by atoms with E-state index in [1.807, 2.05) is 6.07 Å². The van der Waals surface area contributed by atoms with Crippen molar-refractivity contribution in [3.05, 3.63) is 35.6 Å². The first-order chi connectivity index (χ1) is 8.29. The summed E-state index contributed by atoms with van der Waals surface area (Å²) in [5.74, 6) is 0.747. The number of halogens is 1. The molecule has 2 unspecified atom stereocenters. The number of rotatable bonds is 5. The lowest BCUT2D eigenvalue weighted by molar-refractivity contribution is 0.129. The predicted molar refractivity (Wildman–Crippen MR) is 69.6 cm³/mol. The number of thioether (sulfide) groups is 1. The zero-order valence-corrected chi connectivity index (χ0v) is 10.6. The summed E-state index contributed by atoms with van der Waals surface area (Å²) < 4.78 is 18.7. The summed E-state index contributed by atoms with van der Waals surface area (Å²) in [6.07, 6.45) is 2.63. The number of hydrogen-bond acceptors (Lipinski definition) is 3. The van der Waals surface area contributed by atoms with Gasteiger partial charge < -0.3 is 10.5 Å². The molecule has 17 heavy (non-hydrogen) atoms. The maximum absolute atomic E-state index is 13.1. The molecule has 2 rings (SSSR count). The van der Waals surface area contributed by atoms with Crippen LogP contribution >= 0.6 is 11.8 Å². The summed E-state index contributed by atoms with van der Waals surface area (Å²) in [5, 5.41) is 0.162. The van der Waals surface area contributed by atoms with Crippen LogP contribution < -0.4 is 5.73 Å². The van der Waals surface area contributed by atoms with E-state index in [9.17, 15) is 4.39 Å². The first-order valence-corrected chi connectivity index (χ1v) is 7.03. The Hall–Kier alpha value is -0.580. The van der Waals surface area contributed by atoms with Crippen molar-refractivity contribution in [1.29, 1.82) is 0 Å². The first-order valence-electron chi connectivity index (χ1n) is 5.98. The minimum absolute atomic E-state index is 0.162. The van der Waals surface area contributed by atoms with Crippen LogP contribution in [-0.2, 0) is 4.74 Å². The van der Waals surface area contributed by atoms with Crippen molar-refractivity contribution < 1.29 is 9.13 Å². The first kappa shape index (κ1) is 12.9. The molecule has 1 saturated heterocycles. The molecule has 0 spiro atoms. The van der Waals surface area contributed by atoms with Crippen molar-refractivity contribution in [2.24, 2.45) is 5.73 Å². The van der Waals surface area contributed by atoms with Gasteiger partial charge in [-0.25, -0.2) is 4.39 Å². The second kappa shape index (κ2) is 6.38. The zero-order valence-electron chi connectivity index (χ0n) is 9.77. The van der Waals surface area contributed by atoms with Gasteiger partial charge in [0.2, 0.25) is 0 Å². The Labute approximate surface area is 106 Å². The van der Waals surface area contributed by atoms with E-state index in [1.54, 1.807) is 23.9 Å². The largest absolute Gasteiger partial charge is 0.377 e. The van der Waals surface area contributed by atoms with E-state index in [0.29, 0.717) is 12.6 Å². The second-order valence-corrected chi connectivity index (χ2v) is 5.48. The van der Waals surface area contributed by atoms with E-state index in [2.05, 4.69) is 0 Å². The second-order valence-electron chi connectivity index (χ2n) is 4.25. The lowest BCUT2D eigenvalue weighted by atomic mass is 10.1. The van der Waals surface area contributed by atoms with Gasteiger partial charge in [-0.3, -0.25) is 0 Å². The molecule has 2 nitrogen and oxygen atoms in total. The highest BCUT2D eigenvalue weighted by molar-refractivity contribution is 7.99. The van der Waals surface area contributed by atoms with Gasteiger partial charge in [0.1, 0.15) is 5.82 Å². The summed E-state index contributed by atoms with van der Waals surface area (Å²) >= 11 is 1.76. The van der Waals surface area contributed by atoms with Crippen molar-refractivity contribution in [3.63, 3.8) is 0 Å². The van der Waals surface area contributed by atoms with Crippen molar-refractivity contribution in [3.8, 4) is 0 Å². The molecular formula is C13H18FNOS. The molecule has 1 aromatic rings. The van der Waals surface area contributed by atoms with Crippen LogP contribution in [-0.4, -0.2) is 25.0 Å². The van der Waals surface area contributed by atoms with Gasteiger partial charge in [0.15, 0.2) is 0 Å².